The Labute approximate surface area is 135 Å². The van der Waals surface area contributed by atoms with E-state index in [1.165, 1.54) is 25.7 Å². The van der Waals surface area contributed by atoms with Gasteiger partial charge in [-0.2, -0.15) is 0 Å². The van der Waals surface area contributed by atoms with Gasteiger partial charge in [0.05, 0.1) is 5.69 Å². The van der Waals surface area contributed by atoms with Gasteiger partial charge in [0.25, 0.3) is 0 Å². The summed E-state index contributed by atoms with van der Waals surface area (Å²) in [5.74, 6) is 0.644. The Morgan fingerprint density at radius 1 is 1.23 bits per heavy atom. The number of rotatable bonds is 4. The second-order valence-electron chi connectivity index (χ2n) is 5.97. The SMILES string of the molecule is O=C(CCl)N(CC1CCCC1)c1cccc2ccc(O)cc12. The first-order valence-electron chi connectivity index (χ1n) is 7.77. The van der Waals surface area contributed by atoms with Gasteiger partial charge < -0.3 is 10.0 Å². The van der Waals surface area contributed by atoms with Crippen LogP contribution in [0.15, 0.2) is 36.4 Å². The van der Waals surface area contributed by atoms with Crippen molar-refractivity contribution < 1.29 is 9.90 Å². The number of phenols is 1. The topological polar surface area (TPSA) is 40.5 Å². The maximum atomic E-state index is 12.4. The lowest BCUT2D eigenvalue weighted by Gasteiger charge is -2.26. The van der Waals surface area contributed by atoms with E-state index in [1.807, 2.05) is 24.3 Å². The summed E-state index contributed by atoms with van der Waals surface area (Å²) in [6, 6.07) is 11.1. The van der Waals surface area contributed by atoms with Crippen molar-refractivity contribution in [3.63, 3.8) is 0 Å². The van der Waals surface area contributed by atoms with Crippen molar-refractivity contribution in [2.45, 2.75) is 25.7 Å². The van der Waals surface area contributed by atoms with Gasteiger partial charge in [0.2, 0.25) is 5.91 Å². The van der Waals surface area contributed by atoms with Crippen LogP contribution >= 0.6 is 11.6 Å². The maximum Gasteiger partial charge on any atom is 0.241 e. The zero-order valence-corrected chi connectivity index (χ0v) is 13.2. The number of nitrogens with zero attached hydrogens (tertiary/aromatic N) is 1. The molecule has 0 unspecified atom stereocenters. The molecule has 2 aromatic rings. The molecule has 1 aliphatic rings. The predicted molar refractivity (Wildman–Crippen MR) is 90.6 cm³/mol. The molecule has 0 aromatic heterocycles. The van der Waals surface area contributed by atoms with Crippen LogP contribution in [0.25, 0.3) is 10.8 Å². The fraction of sp³-hybridized carbons (Fsp3) is 0.389. The van der Waals surface area contributed by atoms with Crippen LogP contribution in [0.5, 0.6) is 5.75 Å². The largest absolute Gasteiger partial charge is 0.508 e. The van der Waals surface area contributed by atoms with Gasteiger partial charge in [-0.15, -0.1) is 11.6 Å². The van der Waals surface area contributed by atoms with Crippen molar-refractivity contribution in [3.8, 4) is 5.75 Å². The van der Waals surface area contributed by atoms with E-state index in [4.69, 9.17) is 11.6 Å². The molecule has 1 aliphatic carbocycles. The number of halogens is 1. The van der Waals surface area contributed by atoms with E-state index in [2.05, 4.69) is 0 Å². The Kier molecular flexibility index (Phi) is 4.53. The van der Waals surface area contributed by atoms with Crippen LogP contribution in [0.2, 0.25) is 0 Å². The number of hydrogen-bond acceptors (Lipinski definition) is 2. The quantitative estimate of drug-likeness (QED) is 0.854. The summed E-state index contributed by atoms with van der Waals surface area (Å²) < 4.78 is 0. The lowest BCUT2D eigenvalue weighted by Crippen LogP contribution is -2.35. The normalized spacial score (nSPS) is 15.3. The van der Waals surface area contributed by atoms with Crippen LogP contribution in [0.3, 0.4) is 0 Å². The van der Waals surface area contributed by atoms with E-state index in [1.54, 1.807) is 17.0 Å². The summed E-state index contributed by atoms with van der Waals surface area (Å²) in [5.41, 5.74) is 0.839. The molecule has 4 heteroatoms. The van der Waals surface area contributed by atoms with Crippen LogP contribution in [0.4, 0.5) is 5.69 Å². The van der Waals surface area contributed by atoms with Crippen molar-refractivity contribution >= 4 is 34.0 Å². The zero-order valence-electron chi connectivity index (χ0n) is 12.5. The van der Waals surface area contributed by atoms with Crippen molar-refractivity contribution in [2.75, 3.05) is 17.3 Å². The first-order chi connectivity index (χ1) is 10.7. The Hall–Kier alpha value is -1.74. The van der Waals surface area contributed by atoms with Gasteiger partial charge in [0, 0.05) is 11.9 Å². The number of carbonyl (C=O) groups excluding carboxylic acids is 1. The summed E-state index contributed by atoms with van der Waals surface area (Å²) in [6.45, 7) is 0.709. The Bertz CT molecular complexity index is 680. The molecule has 2 aromatic carbocycles. The molecular weight excluding hydrogens is 298 g/mol. The van der Waals surface area contributed by atoms with Crippen molar-refractivity contribution in [2.24, 2.45) is 5.92 Å². The first kappa shape index (κ1) is 15.2. The third-order valence-corrected chi connectivity index (χ3v) is 4.69. The van der Waals surface area contributed by atoms with Crippen LogP contribution in [-0.2, 0) is 4.79 Å². The summed E-state index contributed by atoms with van der Waals surface area (Å²) in [5, 5.41) is 11.7. The zero-order chi connectivity index (χ0) is 15.5. The van der Waals surface area contributed by atoms with E-state index < -0.39 is 0 Å². The van der Waals surface area contributed by atoms with Crippen molar-refractivity contribution in [3.05, 3.63) is 36.4 Å². The van der Waals surface area contributed by atoms with E-state index in [0.29, 0.717) is 12.5 Å². The predicted octanol–water partition coefficient (Wildman–Crippen LogP) is 4.31. The standard InChI is InChI=1S/C18H20ClNO2/c19-11-18(22)20(12-13-4-1-2-5-13)17-7-3-6-14-8-9-15(21)10-16(14)17/h3,6-10,13,21H,1-2,4-5,11-12H2. The molecule has 0 saturated heterocycles. The number of anilines is 1. The van der Waals surface area contributed by atoms with Crippen LogP contribution in [0, 0.1) is 5.92 Å². The molecule has 1 fully saturated rings. The van der Waals surface area contributed by atoms with Gasteiger partial charge >= 0.3 is 0 Å². The van der Waals surface area contributed by atoms with Gasteiger partial charge in [0.15, 0.2) is 0 Å². The average Bonchev–Trinajstić information content (AvgIpc) is 3.04. The highest BCUT2D eigenvalue weighted by Crippen LogP contribution is 2.33. The highest BCUT2D eigenvalue weighted by atomic mass is 35.5. The third kappa shape index (κ3) is 3.05. The summed E-state index contributed by atoms with van der Waals surface area (Å²) in [7, 11) is 0. The molecule has 0 atom stereocenters. The monoisotopic (exact) mass is 317 g/mol. The number of fused-ring (bicyclic) bond motifs is 1. The number of alkyl halides is 1. The molecule has 1 N–H and O–H groups in total. The average molecular weight is 318 g/mol. The molecule has 116 valence electrons. The number of carbonyl (C=O) groups is 1. The fourth-order valence-corrected chi connectivity index (χ4v) is 3.48. The number of phenolic OH excluding ortho intramolecular Hbond substituents is 1. The second-order valence-corrected chi connectivity index (χ2v) is 6.24. The van der Waals surface area contributed by atoms with E-state index >= 15 is 0 Å². The lowest BCUT2D eigenvalue weighted by atomic mass is 10.0. The first-order valence-corrected chi connectivity index (χ1v) is 8.30. The van der Waals surface area contributed by atoms with Gasteiger partial charge in [0.1, 0.15) is 11.6 Å². The summed E-state index contributed by atoms with van der Waals surface area (Å²) >= 11 is 5.82. The molecule has 3 nitrogen and oxygen atoms in total. The molecule has 22 heavy (non-hydrogen) atoms. The van der Waals surface area contributed by atoms with Crippen LogP contribution < -0.4 is 4.90 Å². The second kappa shape index (κ2) is 6.57. The summed E-state index contributed by atoms with van der Waals surface area (Å²) in [6.07, 6.45) is 4.82. The van der Waals surface area contributed by atoms with Crippen LogP contribution in [0.1, 0.15) is 25.7 Å². The molecule has 0 radical (unpaired) electrons. The van der Waals surface area contributed by atoms with Gasteiger partial charge in [-0.1, -0.05) is 31.0 Å². The van der Waals surface area contributed by atoms with E-state index in [0.717, 1.165) is 16.5 Å². The van der Waals surface area contributed by atoms with Crippen molar-refractivity contribution in [1.82, 2.24) is 0 Å². The smallest absolute Gasteiger partial charge is 0.241 e. The Morgan fingerprint density at radius 2 is 2.00 bits per heavy atom. The van der Waals surface area contributed by atoms with Gasteiger partial charge in [-0.3, -0.25) is 4.79 Å². The number of hydrogen-bond donors (Lipinski definition) is 1. The molecule has 0 aliphatic heterocycles. The van der Waals surface area contributed by atoms with Gasteiger partial charge in [-0.05, 0) is 42.3 Å². The van der Waals surface area contributed by atoms with E-state index in [-0.39, 0.29) is 17.5 Å². The minimum absolute atomic E-state index is 0.0259. The van der Waals surface area contributed by atoms with Crippen LogP contribution in [-0.4, -0.2) is 23.4 Å². The Morgan fingerprint density at radius 3 is 2.73 bits per heavy atom. The highest BCUT2D eigenvalue weighted by molar-refractivity contribution is 6.29. The minimum atomic E-state index is -0.0793. The third-order valence-electron chi connectivity index (χ3n) is 4.46. The number of amides is 1. The lowest BCUT2D eigenvalue weighted by molar-refractivity contribution is -0.116. The highest BCUT2D eigenvalue weighted by Gasteiger charge is 2.23. The number of benzene rings is 2. The summed E-state index contributed by atoms with van der Waals surface area (Å²) in [4.78, 5) is 14.2. The molecular formula is C18H20ClNO2. The Balaban J connectivity index is 2.02. The van der Waals surface area contributed by atoms with Crippen molar-refractivity contribution in [1.29, 1.82) is 0 Å². The minimum Gasteiger partial charge on any atom is -0.508 e. The molecule has 0 bridgehead atoms. The van der Waals surface area contributed by atoms with E-state index in [9.17, 15) is 9.90 Å². The molecule has 0 spiro atoms. The molecule has 0 heterocycles. The molecule has 3 rings (SSSR count). The van der Waals surface area contributed by atoms with Gasteiger partial charge in [-0.25, -0.2) is 0 Å². The molecule has 1 saturated carbocycles. The number of aromatic hydroxyl groups is 1. The fourth-order valence-electron chi connectivity index (χ4n) is 3.34. The maximum absolute atomic E-state index is 12.4. The molecule has 1 amide bonds.